The number of hydrogen-bond acceptors (Lipinski definition) is 7. The Kier molecular flexibility index (Phi) is 5.08. The fourth-order valence-electron chi connectivity index (χ4n) is 2.69. The Hall–Kier alpha value is -3.34. The Balaban J connectivity index is 2.69. The molecule has 2 N–H and O–H groups in total. The van der Waals surface area contributed by atoms with Crippen LogP contribution in [0.25, 0.3) is 0 Å². The van der Waals surface area contributed by atoms with E-state index in [1.54, 1.807) is 26.0 Å². The first-order chi connectivity index (χ1) is 11.8. The van der Waals surface area contributed by atoms with E-state index in [4.69, 9.17) is 15.2 Å². The summed E-state index contributed by atoms with van der Waals surface area (Å²) in [6.45, 7) is 4.92. The van der Waals surface area contributed by atoms with Gasteiger partial charge in [0.25, 0.3) is 5.69 Å². The number of nitro benzene ring substituents is 1. The highest BCUT2D eigenvalue weighted by Gasteiger charge is 2.37. The summed E-state index contributed by atoms with van der Waals surface area (Å²) < 4.78 is 10.4. The molecule has 0 spiro atoms. The van der Waals surface area contributed by atoms with Gasteiger partial charge in [-0.25, -0.2) is 4.79 Å². The molecule has 0 saturated carbocycles. The summed E-state index contributed by atoms with van der Waals surface area (Å²) >= 11 is 0. The number of carbonyl (C=O) groups is 1. The summed E-state index contributed by atoms with van der Waals surface area (Å²) in [5.74, 6) is -1.49. The van der Waals surface area contributed by atoms with Crippen molar-refractivity contribution in [2.24, 2.45) is 5.73 Å². The number of aryl methyl sites for hydroxylation is 1. The molecule has 1 aromatic rings. The van der Waals surface area contributed by atoms with Crippen molar-refractivity contribution in [1.29, 1.82) is 5.26 Å². The maximum atomic E-state index is 12.4. The van der Waals surface area contributed by atoms with E-state index >= 15 is 0 Å². The fourth-order valence-corrected chi connectivity index (χ4v) is 2.69. The summed E-state index contributed by atoms with van der Waals surface area (Å²) in [5.41, 5.74) is 6.64. The number of benzene rings is 1. The minimum Gasteiger partial charge on any atom is -0.463 e. The van der Waals surface area contributed by atoms with Gasteiger partial charge in [-0.2, -0.15) is 5.26 Å². The van der Waals surface area contributed by atoms with Gasteiger partial charge in [0.2, 0.25) is 5.88 Å². The summed E-state index contributed by atoms with van der Waals surface area (Å²) in [4.78, 5) is 23.1. The smallest absolute Gasteiger partial charge is 0.338 e. The van der Waals surface area contributed by atoms with E-state index in [1.165, 1.54) is 13.0 Å². The third kappa shape index (κ3) is 3.30. The fraction of sp³-hybridized carbons (Fsp3) is 0.294. The second-order valence-electron chi connectivity index (χ2n) is 5.42. The molecule has 0 radical (unpaired) electrons. The van der Waals surface area contributed by atoms with E-state index in [0.717, 1.165) is 0 Å². The Morgan fingerprint density at radius 1 is 1.48 bits per heavy atom. The summed E-state index contributed by atoms with van der Waals surface area (Å²) in [6.07, 6.45) is 0. The van der Waals surface area contributed by atoms with E-state index in [-0.39, 0.29) is 35.1 Å². The number of nitrogens with two attached hydrogens (primary N) is 1. The number of allylic oxidation sites excluding steroid dienone is 2. The number of rotatable bonds is 4. The average Bonchev–Trinajstić information content (AvgIpc) is 2.54. The Morgan fingerprint density at radius 3 is 2.72 bits per heavy atom. The molecule has 0 aliphatic carbocycles. The van der Waals surface area contributed by atoms with Gasteiger partial charge in [-0.05, 0) is 26.3 Å². The molecule has 130 valence electrons. The largest absolute Gasteiger partial charge is 0.463 e. The van der Waals surface area contributed by atoms with Crippen LogP contribution in [0, 0.1) is 28.4 Å². The normalized spacial score (nSPS) is 17.0. The zero-order chi connectivity index (χ0) is 18.7. The molecular weight excluding hydrogens is 326 g/mol. The number of ether oxygens (including phenoxy) is 2. The van der Waals surface area contributed by atoms with Crippen LogP contribution in [0.5, 0.6) is 0 Å². The SMILES string of the molecule is CCOC(=O)C1=C(C)OC(N)=C(C#N)C1c1ccc(C)c([N+](=O)[O-])c1. The van der Waals surface area contributed by atoms with Gasteiger partial charge >= 0.3 is 5.97 Å². The number of nitro groups is 1. The molecule has 8 heteroatoms. The van der Waals surface area contributed by atoms with Crippen LogP contribution in [0.4, 0.5) is 5.69 Å². The lowest BCUT2D eigenvalue weighted by Crippen LogP contribution is -2.25. The highest BCUT2D eigenvalue weighted by atomic mass is 16.6. The van der Waals surface area contributed by atoms with Gasteiger partial charge in [0.15, 0.2) is 0 Å². The molecule has 1 atom stereocenters. The Morgan fingerprint density at radius 2 is 2.16 bits per heavy atom. The van der Waals surface area contributed by atoms with Crippen molar-refractivity contribution in [2.45, 2.75) is 26.7 Å². The average molecular weight is 343 g/mol. The minimum atomic E-state index is -0.892. The minimum absolute atomic E-state index is 0.00630. The van der Waals surface area contributed by atoms with Crippen molar-refractivity contribution in [3.8, 4) is 6.07 Å². The van der Waals surface area contributed by atoms with Crippen LogP contribution in [0.1, 0.15) is 30.9 Å². The van der Waals surface area contributed by atoms with E-state index in [1.807, 2.05) is 6.07 Å². The van der Waals surface area contributed by atoms with Crippen molar-refractivity contribution in [2.75, 3.05) is 6.61 Å². The van der Waals surface area contributed by atoms with Crippen LogP contribution >= 0.6 is 0 Å². The van der Waals surface area contributed by atoms with Crippen LogP contribution < -0.4 is 5.73 Å². The lowest BCUT2D eigenvalue weighted by Gasteiger charge is -2.26. The standard InChI is InChI=1S/C17H17N3O5/c1-4-24-17(21)14-10(3)25-16(19)12(8-18)15(14)11-6-5-9(2)13(7-11)20(22)23/h5-7,15H,4,19H2,1-3H3. The third-order valence-corrected chi connectivity index (χ3v) is 3.86. The first kappa shape index (κ1) is 18.0. The van der Waals surface area contributed by atoms with Crippen LogP contribution in [0.15, 0.2) is 41.0 Å². The highest BCUT2D eigenvalue weighted by molar-refractivity contribution is 5.92. The van der Waals surface area contributed by atoms with E-state index < -0.39 is 16.8 Å². The van der Waals surface area contributed by atoms with Crippen LogP contribution in [-0.2, 0) is 14.3 Å². The molecule has 1 aromatic carbocycles. The van der Waals surface area contributed by atoms with Crippen molar-refractivity contribution in [3.05, 3.63) is 62.2 Å². The number of hydrogen-bond donors (Lipinski definition) is 1. The molecule has 0 bridgehead atoms. The van der Waals surface area contributed by atoms with Gasteiger partial charge < -0.3 is 15.2 Å². The van der Waals surface area contributed by atoms with Gasteiger partial charge in [-0.1, -0.05) is 12.1 Å². The zero-order valence-electron chi connectivity index (χ0n) is 14.0. The number of nitriles is 1. The van der Waals surface area contributed by atoms with Crippen molar-refractivity contribution in [3.63, 3.8) is 0 Å². The number of esters is 1. The topological polar surface area (TPSA) is 128 Å². The van der Waals surface area contributed by atoms with Crippen molar-refractivity contribution >= 4 is 11.7 Å². The molecule has 2 rings (SSSR count). The monoisotopic (exact) mass is 343 g/mol. The molecule has 1 aliphatic heterocycles. The van der Waals surface area contributed by atoms with Gasteiger partial charge in [-0.3, -0.25) is 10.1 Å². The van der Waals surface area contributed by atoms with Crippen molar-refractivity contribution in [1.82, 2.24) is 0 Å². The molecule has 0 amide bonds. The van der Waals surface area contributed by atoms with Crippen molar-refractivity contribution < 1.29 is 19.2 Å². The predicted octanol–water partition coefficient (Wildman–Crippen LogP) is 2.55. The van der Waals surface area contributed by atoms with E-state index in [9.17, 15) is 20.2 Å². The van der Waals surface area contributed by atoms with Crippen LogP contribution in [0.3, 0.4) is 0 Å². The lowest BCUT2D eigenvalue weighted by atomic mass is 9.82. The van der Waals surface area contributed by atoms with Gasteiger partial charge in [0, 0.05) is 11.6 Å². The lowest BCUT2D eigenvalue weighted by molar-refractivity contribution is -0.385. The molecule has 0 saturated heterocycles. The summed E-state index contributed by atoms with van der Waals surface area (Å²) in [6, 6.07) is 6.45. The third-order valence-electron chi connectivity index (χ3n) is 3.86. The Bertz CT molecular complexity index is 848. The molecule has 0 fully saturated rings. The number of nitrogens with zero attached hydrogens (tertiary/aromatic N) is 2. The second-order valence-corrected chi connectivity index (χ2v) is 5.42. The van der Waals surface area contributed by atoms with E-state index in [2.05, 4.69) is 0 Å². The quantitative estimate of drug-likeness (QED) is 0.505. The van der Waals surface area contributed by atoms with Crippen LogP contribution in [-0.4, -0.2) is 17.5 Å². The molecule has 1 aliphatic rings. The van der Waals surface area contributed by atoms with Gasteiger partial charge in [-0.15, -0.1) is 0 Å². The van der Waals surface area contributed by atoms with Gasteiger partial charge in [0.05, 0.1) is 23.0 Å². The van der Waals surface area contributed by atoms with Gasteiger partial charge in [0.1, 0.15) is 17.4 Å². The number of carbonyl (C=O) groups excluding carboxylic acids is 1. The highest BCUT2D eigenvalue weighted by Crippen LogP contribution is 2.40. The molecular formula is C17H17N3O5. The maximum absolute atomic E-state index is 12.4. The Labute approximate surface area is 144 Å². The first-order valence-corrected chi connectivity index (χ1v) is 7.52. The molecule has 8 nitrogen and oxygen atoms in total. The zero-order valence-corrected chi connectivity index (χ0v) is 14.0. The van der Waals surface area contributed by atoms with Crippen LogP contribution in [0.2, 0.25) is 0 Å². The molecule has 25 heavy (non-hydrogen) atoms. The molecule has 1 unspecified atom stereocenters. The summed E-state index contributed by atoms with van der Waals surface area (Å²) in [7, 11) is 0. The first-order valence-electron chi connectivity index (χ1n) is 7.52. The maximum Gasteiger partial charge on any atom is 0.338 e. The predicted molar refractivity (Wildman–Crippen MR) is 87.8 cm³/mol. The molecule has 1 heterocycles. The molecule has 0 aromatic heterocycles. The van der Waals surface area contributed by atoms with E-state index in [0.29, 0.717) is 11.1 Å². The summed E-state index contributed by atoms with van der Waals surface area (Å²) in [5, 5.41) is 20.7. The second kappa shape index (κ2) is 7.05.